The van der Waals surface area contributed by atoms with Crippen LogP contribution in [0.25, 0.3) is 22.3 Å². The summed E-state index contributed by atoms with van der Waals surface area (Å²) < 4.78 is 22.2. The number of hydrogen-bond acceptors (Lipinski definition) is 14. The molecule has 0 radical (unpaired) electrons. The molecule has 19 heteroatoms. The van der Waals surface area contributed by atoms with Gasteiger partial charge >= 0.3 is 0 Å². The maximum absolute atomic E-state index is 13.7. The molecule has 5 aliphatic rings. The maximum atomic E-state index is 13.7. The Morgan fingerprint density at radius 1 is 0.747 bits per heavy atom. The Kier molecular flexibility index (Phi) is 13.6. The first-order valence-electron chi connectivity index (χ1n) is 25.8. The molecule has 17 nitrogen and oxygen atoms in total. The monoisotopic (exact) mass is 1090 g/mol. The van der Waals surface area contributed by atoms with Crippen molar-refractivity contribution in [2.45, 2.75) is 63.5 Å². The van der Waals surface area contributed by atoms with Crippen LogP contribution in [0.1, 0.15) is 72.1 Å². The molecule has 5 aliphatic heterocycles. The predicted octanol–water partition coefficient (Wildman–Crippen LogP) is 8.80. The highest BCUT2D eigenvalue weighted by Crippen LogP contribution is 2.46. The van der Waals surface area contributed by atoms with E-state index in [4.69, 9.17) is 9.72 Å². The van der Waals surface area contributed by atoms with Gasteiger partial charge in [0.15, 0.2) is 0 Å². The topological polar surface area (TPSA) is 187 Å². The summed E-state index contributed by atoms with van der Waals surface area (Å²) in [5.74, 6) is -0.417. The zero-order valence-corrected chi connectivity index (χ0v) is 45.1. The van der Waals surface area contributed by atoms with Crippen LogP contribution >= 0.6 is 23.1 Å². The molecule has 1 unspecified atom stereocenters. The van der Waals surface area contributed by atoms with Crippen molar-refractivity contribution in [3.8, 4) is 28.0 Å². The quantitative estimate of drug-likeness (QED) is 0.0780. The summed E-state index contributed by atoms with van der Waals surface area (Å²) in [7, 11) is 0.886. The molecule has 4 fully saturated rings. The Bertz CT molecular complexity index is 3260. The molecule has 2 aromatic heterocycles. The van der Waals surface area contributed by atoms with Gasteiger partial charge in [-0.25, -0.2) is 4.98 Å². The van der Waals surface area contributed by atoms with Crippen LogP contribution < -0.4 is 35.8 Å². The number of anilines is 6. The van der Waals surface area contributed by atoms with Gasteiger partial charge in [0, 0.05) is 92.0 Å². The van der Waals surface area contributed by atoms with Crippen molar-refractivity contribution in [1.29, 1.82) is 0 Å². The van der Waals surface area contributed by atoms with Crippen LogP contribution in [0.2, 0.25) is 0 Å². The lowest BCUT2D eigenvalue weighted by Crippen LogP contribution is -2.54. The van der Waals surface area contributed by atoms with Gasteiger partial charge in [-0.1, -0.05) is 36.4 Å². The van der Waals surface area contributed by atoms with E-state index in [-0.39, 0.29) is 24.2 Å². The first kappa shape index (κ1) is 50.3. The predicted molar refractivity (Wildman–Crippen MR) is 295 cm³/mol. The number of halogens is 1. The second kappa shape index (κ2) is 20.3. The molecule has 3 N–H and O–H groups in total. The molecule has 0 saturated carbocycles. The number of imide groups is 2. The first-order valence-corrected chi connectivity index (χ1v) is 29.2. The van der Waals surface area contributed by atoms with Gasteiger partial charge < -0.3 is 34.6 Å². The van der Waals surface area contributed by atoms with Crippen molar-refractivity contribution >= 4 is 86.5 Å². The minimum absolute atomic E-state index is 0.0915. The minimum Gasteiger partial charge on any atom is -0.494 e. The molecule has 4 amide bonds. The van der Waals surface area contributed by atoms with Gasteiger partial charge in [0.2, 0.25) is 17.8 Å². The van der Waals surface area contributed by atoms with E-state index in [0.717, 1.165) is 122 Å². The van der Waals surface area contributed by atoms with Crippen LogP contribution in [-0.4, -0.2) is 125 Å². The molecule has 388 valence electrons. The fraction of sp³-hybridized carbons (Fsp3) is 0.375. The maximum Gasteiger partial charge on any atom is 0.262 e. The van der Waals surface area contributed by atoms with Gasteiger partial charge in [-0.05, 0) is 140 Å². The van der Waals surface area contributed by atoms with E-state index < -0.39 is 30.9 Å². The van der Waals surface area contributed by atoms with Crippen molar-refractivity contribution in [1.82, 2.24) is 34.9 Å². The van der Waals surface area contributed by atoms with E-state index in [1.807, 2.05) is 84.8 Å². The number of nitrogens with one attached hydrogen (secondary N) is 3. The van der Waals surface area contributed by atoms with E-state index in [1.165, 1.54) is 0 Å². The fourth-order valence-electron chi connectivity index (χ4n) is 11.8. The molecule has 4 saturated heterocycles. The number of aryl methyl sites for hydroxylation is 1. The molecule has 4 aromatic carbocycles. The number of aromatic nitrogens is 4. The third-order valence-electron chi connectivity index (χ3n) is 16.1. The molecular weight excluding hydrogens is 1030 g/mol. The van der Waals surface area contributed by atoms with E-state index in [1.54, 1.807) is 32.7 Å². The number of ether oxygens (including phenoxy) is 1. The van der Waals surface area contributed by atoms with Crippen LogP contribution in [0.5, 0.6) is 5.75 Å². The van der Waals surface area contributed by atoms with Crippen LogP contribution in [0.4, 0.5) is 34.5 Å². The number of carbonyl (C=O) groups excluding carboxylic acids is 4. The van der Waals surface area contributed by atoms with Crippen molar-refractivity contribution in [2.75, 3.05) is 80.1 Å². The number of nitrogens with zero attached hydrogens (tertiary/aromatic N) is 8. The lowest BCUT2D eigenvalue weighted by molar-refractivity contribution is -0.136. The van der Waals surface area contributed by atoms with E-state index in [2.05, 4.69) is 68.8 Å². The largest absolute Gasteiger partial charge is 0.494 e. The highest BCUT2D eigenvalue weighted by atomic mass is 79.9. The number of hydrogen-bond donors (Lipinski definition) is 3. The van der Waals surface area contributed by atoms with Crippen LogP contribution in [0.3, 0.4) is 0 Å². The molecule has 0 bridgehead atoms. The minimum atomic E-state index is -2.71. The second-order valence-corrected chi connectivity index (χ2v) is 25.0. The summed E-state index contributed by atoms with van der Waals surface area (Å²) in [5, 5.41) is 14.4. The summed E-state index contributed by atoms with van der Waals surface area (Å²) in [5.41, 5.74) is 8.34. The summed E-state index contributed by atoms with van der Waals surface area (Å²) in [6.45, 7) is 9.23. The number of benzene rings is 4. The Hall–Kier alpha value is -6.88. The summed E-state index contributed by atoms with van der Waals surface area (Å²) in [6.07, 6.45) is 12.4. The lowest BCUT2D eigenvalue weighted by atomic mass is 9.71. The number of rotatable bonds is 12. The van der Waals surface area contributed by atoms with Gasteiger partial charge in [0.25, 0.3) is 11.8 Å². The normalized spacial score (nSPS) is 19.4. The molecule has 6 aromatic rings. The van der Waals surface area contributed by atoms with E-state index in [0.29, 0.717) is 50.5 Å². The average molecular weight is 1100 g/mol. The molecule has 11 rings (SSSR count). The van der Waals surface area contributed by atoms with E-state index in [9.17, 15) is 23.7 Å². The lowest BCUT2D eigenvalue weighted by Gasteiger charge is -2.50. The fourth-order valence-corrected chi connectivity index (χ4v) is 13.2. The smallest absolute Gasteiger partial charge is 0.262 e. The third kappa shape index (κ3) is 10.1. The standard InChI is InChI=1S/C56H61BrN11O6P/c1-64-34-37(32-59-64)41-30-45(61-55-58-33-43(57)51(63-55)60-44-13-10-36(28-49(44)75(3,4)73)35-8-6-5-7-9-35)48(74-2)31-47(41)67-22-16-38(17-23-67)65-24-18-56(19-25-65)20-26-66(27-21-56)39-11-12-40-42(29-39)54(72)68(53(40)71)46-14-15-50(69)62-52(46)70/h5-13,28-34,38,46H,14-27H2,1-4H3,(H,62,69,70)(H2,58,60,61,63). The number of carbonyl (C=O) groups is 4. The van der Waals surface area contributed by atoms with Crippen molar-refractivity contribution in [3.05, 3.63) is 113 Å². The summed E-state index contributed by atoms with van der Waals surface area (Å²) >= 11 is 3.64. The molecule has 1 atom stereocenters. The molecule has 7 heterocycles. The number of amides is 4. The Morgan fingerprint density at radius 2 is 1.48 bits per heavy atom. The van der Waals surface area contributed by atoms with Crippen molar-refractivity contribution in [3.63, 3.8) is 0 Å². The van der Waals surface area contributed by atoms with Gasteiger partial charge in [-0.3, -0.25) is 34.1 Å². The molecular formula is C56H61BrN11O6P. The molecule has 75 heavy (non-hydrogen) atoms. The van der Waals surface area contributed by atoms with Crippen molar-refractivity contribution < 1.29 is 28.5 Å². The number of fused-ring (bicyclic) bond motifs is 1. The van der Waals surface area contributed by atoms with Crippen LogP contribution in [-0.2, 0) is 21.2 Å². The van der Waals surface area contributed by atoms with Crippen LogP contribution in [0.15, 0.2) is 102 Å². The Labute approximate surface area is 444 Å². The summed E-state index contributed by atoms with van der Waals surface area (Å²) in [6, 6.07) is 25.2. The first-order chi connectivity index (χ1) is 36.1. The summed E-state index contributed by atoms with van der Waals surface area (Å²) in [4.78, 5) is 69.2. The van der Waals surface area contributed by atoms with Gasteiger partial charge in [0.1, 0.15) is 24.8 Å². The average Bonchev–Trinajstić information content (AvgIpc) is 3.97. The van der Waals surface area contributed by atoms with Gasteiger partial charge in [0.05, 0.1) is 40.3 Å². The highest BCUT2D eigenvalue weighted by Gasteiger charge is 2.45. The number of methoxy groups -OCH3 is 1. The second-order valence-electron chi connectivity index (χ2n) is 21.0. The van der Waals surface area contributed by atoms with Gasteiger partial charge in [-0.15, -0.1) is 0 Å². The van der Waals surface area contributed by atoms with Gasteiger partial charge in [-0.2, -0.15) is 10.1 Å². The van der Waals surface area contributed by atoms with Crippen molar-refractivity contribution in [2.24, 2.45) is 12.5 Å². The van der Waals surface area contributed by atoms with Crippen LogP contribution in [0, 0.1) is 5.41 Å². The Morgan fingerprint density at radius 3 is 2.17 bits per heavy atom. The SMILES string of the molecule is COc1cc(N2CCC(N3CCC4(CCN(c5ccc6c(c5)C(=O)N(C5CCC(=O)NC5=O)C6=O)CC4)CC3)CC2)c(-c2cnn(C)c2)cc1Nc1ncc(Br)c(Nc2ccc(-c3ccccc3)cc2P(C)(C)=O)n1. The number of piperidine rings is 4. The zero-order chi connectivity index (χ0) is 52.2. The Balaban J connectivity index is 0.733. The zero-order valence-electron chi connectivity index (χ0n) is 42.6. The molecule has 0 aliphatic carbocycles. The molecule has 1 spiro atoms. The van der Waals surface area contributed by atoms with E-state index >= 15 is 0 Å². The third-order valence-corrected chi connectivity index (χ3v) is 18.2. The highest BCUT2D eigenvalue weighted by molar-refractivity contribution is 9.10. The number of likely N-dealkylation sites (tertiary alicyclic amines) is 1.